The van der Waals surface area contributed by atoms with E-state index >= 15 is 0 Å². The number of hydrogen-bond acceptors (Lipinski definition) is 7. The highest BCUT2D eigenvalue weighted by Gasteiger charge is 2.34. The number of fused-ring (bicyclic) bond motifs is 1. The van der Waals surface area contributed by atoms with Crippen LogP contribution in [0.5, 0.6) is 0 Å². The summed E-state index contributed by atoms with van der Waals surface area (Å²) in [4.78, 5) is 28.8. The average Bonchev–Trinajstić information content (AvgIpc) is 3.14. The van der Waals surface area contributed by atoms with Gasteiger partial charge in [-0.25, -0.2) is 18.2 Å². The number of hydrogen-bond donors (Lipinski definition) is 0. The molecule has 4 rings (SSSR count). The van der Waals surface area contributed by atoms with Crippen LogP contribution in [-0.4, -0.2) is 41.3 Å². The molecule has 0 aliphatic carbocycles. The molecule has 1 aromatic carbocycles. The highest BCUT2D eigenvalue weighted by atomic mass is 32.2. The summed E-state index contributed by atoms with van der Waals surface area (Å²) in [5.74, 6) is -0.192. The minimum atomic E-state index is -3.70. The zero-order valence-corrected chi connectivity index (χ0v) is 19.9. The maximum atomic E-state index is 12.8. The Labute approximate surface area is 192 Å². The first-order chi connectivity index (χ1) is 15.6. The zero-order chi connectivity index (χ0) is 23.9. The molecule has 1 fully saturated rings. The molecule has 0 radical (unpaired) electrons. The Balaban J connectivity index is 1.41. The number of aromatic nitrogens is 2. The number of benzene rings is 1. The summed E-state index contributed by atoms with van der Waals surface area (Å²) >= 11 is 0. The van der Waals surface area contributed by atoms with Crippen molar-refractivity contribution in [1.82, 2.24) is 13.9 Å². The second kappa shape index (κ2) is 8.75. The number of imidazole rings is 1. The van der Waals surface area contributed by atoms with Gasteiger partial charge in [0, 0.05) is 43.4 Å². The summed E-state index contributed by atoms with van der Waals surface area (Å²) in [6.45, 7) is 5.94. The SMILES string of the molecule is Cc1ccc2c(COC(=O)C3CCN(S(=O)(=O)c4cn(C)c(C)n4)CC3)cc(=O)oc2c1C. The molecule has 0 unspecified atom stereocenters. The summed E-state index contributed by atoms with van der Waals surface area (Å²) < 4.78 is 39.6. The number of carbonyl (C=O) groups is 1. The van der Waals surface area contributed by atoms with Crippen molar-refractivity contribution in [2.24, 2.45) is 13.0 Å². The maximum Gasteiger partial charge on any atom is 0.336 e. The van der Waals surface area contributed by atoms with Crippen molar-refractivity contribution in [2.75, 3.05) is 13.1 Å². The number of esters is 1. The Morgan fingerprint density at radius 2 is 1.91 bits per heavy atom. The van der Waals surface area contributed by atoms with E-state index in [9.17, 15) is 18.0 Å². The van der Waals surface area contributed by atoms with Crippen LogP contribution in [0.2, 0.25) is 0 Å². The number of carbonyl (C=O) groups excluding carboxylic acids is 1. The third-order valence-corrected chi connectivity index (χ3v) is 8.14. The van der Waals surface area contributed by atoms with Gasteiger partial charge in [-0.15, -0.1) is 0 Å². The van der Waals surface area contributed by atoms with Crippen molar-refractivity contribution in [1.29, 1.82) is 0 Å². The predicted octanol–water partition coefficient (Wildman–Crippen LogP) is 2.60. The van der Waals surface area contributed by atoms with Crippen LogP contribution < -0.4 is 5.63 Å². The summed E-state index contributed by atoms with van der Waals surface area (Å²) in [7, 11) is -1.96. The number of nitrogens with zero attached hydrogens (tertiary/aromatic N) is 3. The summed E-state index contributed by atoms with van der Waals surface area (Å²) in [5, 5.41) is 0.751. The number of ether oxygens (including phenoxy) is 1. The molecule has 1 aliphatic heterocycles. The van der Waals surface area contributed by atoms with Crippen LogP contribution in [0.3, 0.4) is 0 Å². The van der Waals surface area contributed by atoms with Gasteiger partial charge in [0.1, 0.15) is 18.0 Å². The van der Waals surface area contributed by atoms with Crippen LogP contribution in [0.15, 0.2) is 38.6 Å². The molecule has 3 aromatic rings. The molecule has 176 valence electrons. The number of rotatable bonds is 5. The van der Waals surface area contributed by atoms with E-state index < -0.39 is 27.5 Å². The molecule has 2 aromatic heterocycles. The van der Waals surface area contributed by atoms with Gasteiger partial charge in [0.15, 0.2) is 5.03 Å². The van der Waals surface area contributed by atoms with E-state index in [-0.39, 0.29) is 24.7 Å². The van der Waals surface area contributed by atoms with Gasteiger partial charge in [0.05, 0.1) is 5.92 Å². The van der Waals surface area contributed by atoms with Crippen LogP contribution in [0.25, 0.3) is 11.0 Å². The zero-order valence-electron chi connectivity index (χ0n) is 19.1. The fourth-order valence-electron chi connectivity index (χ4n) is 4.03. The van der Waals surface area contributed by atoms with E-state index in [2.05, 4.69) is 4.98 Å². The van der Waals surface area contributed by atoms with Crippen LogP contribution in [-0.2, 0) is 33.2 Å². The standard InChI is InChI=1S/C23H27N3O6S/c1-14-5-6-19-18(11-21(27)32-22(19)15(14)2)13-31-23(28)17-7-9-26(10-8-17)33(29,30)20-12-25(4)16(3)24-20/h5-6,11-12,17H,7-10,13H2,1-4H3. The van der Waals surface area contributed by atoms with Crippen molar-refractivity contribution < 1.29 is 22.4 Å². The molecule has 1 saturated heterocycles. The van der Waals surface area contributed by atoms with Crippen LogP contribution in [0, 0.1) is 26.7 Å². The smallest absolute Gasteiger partial charge is 0.336 e. The first-order valence-electron chi connectivity index (χ1n) is 10.8. The van der Waals surface area contributed by atoms with E-state index in [0.29, 0.717) is 29.8 Å². The predicted molar refractivity (Wildman–Crippen MR) is 121 cm³/mol. The molecule has 33 heavy (non-hydrogen) atoms. The van der Waals surface area contributed by atoms with Gasteiger partial charge in [0.25, 0.3) is 10.0 Å². The van der Waals surface area contributed by atoms with Gasteiger partial charge < -0.3 is 13.7 Å². The molecule has 0 spiro atoms. The van der Waals surface area contributed by atoms with Crippen molar-refractivity contribution in [2.45, 2.75) is 45.2 Å². The largest absolute Gasteiger partial charge is 0.461 e. The molecule has 3 heterocycles. The maximum absolute atomic E-state index is 12.8. The van der Waals surface area contributed by atoms with Gasteiger partial charge in [-0.05, 0) is 44.7 Å². The Bertz CT molecular complexity index is 1360. The second-order valence-corrected chi connectivity index (χ2v) is 10.4. The first kappa shape index (κ1) is 23.2. The lowest BCUT2D eigenvalue weighted by Gasteiger charge is -2.29. The molecule has 1 aliphatic rings. The molecule has 0 saturated carbocycles. The first-order valence-corrected chi connectivity index (χ1v) is 12.2. The van der Waals surface area contributed by atoms with E-state index in [1.54, 1.807) is 18.5 Å². The van der Waals surface area contributed by atoms with Gasteiger partial charge in [-0.2, -0.15) is 4.31 Å². The quantitative estimate of drug-likeness (QED) is 0.414. The summed E-state index contributed by atoms with van der Waals surface area (Å²) in [6.07, 6.45) is 2.22. The van der Waals surface area contributed by atoms with Gasteiger partial charge in [0.2, 0.25) is 0 Å². The topological polar surface area (TPSA) is 112 Å². The Kier molecular flexibility index (Phi) is 6.15. The molecule has 9 nitrogen and oxygen atoms in total. The van der Waals surface area contributed by atoms with E-state index in [0.717, 1.165) is 16.5 Å². The third-order valence-electron chi connectivity index (χ3n) is 6.37. The summed E-state index contributed by atoms with van der Waals surface area (Å²) in [6, 6.07) is 5.13. The monoisotopic (exact) mass is 473 g/mol. The molecule has 0 N–H and O–H groups in total. The molecule has 0 amide bonds. The molecule has 0 bridgehead atoms. The van der Waals surface area contributed by atoms with E-state index in [4.69, 9.17) is 9.15 Å². The minimum absolute atomic E-state index is 0.0174. The minimum Gasteiger partial charge on any atom is -0.461 e. The molecule has 0 atom stereocenters. The summed E-state index contributed by atoms with van der Waals surface area (Å²) in [5.41, 5.74) is 2.46. The van der Waals surface area contributed by atoms with E-state index in [1.807, 2.05) is 26.0 Å². The molecular formula is C23H27N3O6S. The number of aryl methyl sites for hydroxylation is 4. The van der Waals surface area contributed by atoms with Crippen molar-refractivity contribution in [3.8, 4) is 0 Å². The highest BCUT2D eigenvalue weighted by molar-refractivity contribution is 7.89. The van der Waals surface area contributed by atoms with Gasteiger partial charge in [-0.3, -0.25) is 4.79 Å². The lowest BCUT2D eigenvalue weighted by Crippen LogP contribution is -2.40. The molecule has 10 heteroatoms. The fourth-order valence-corrected chi connectivity index (χ4v) is 5.52. The molecular weight excluding hydrogens is 446 g/mol. The van der Waals surface area contributed by atoms with Crippen LogP contribution >= 0.6 is 0 Å². The number of piperidine rings is 1. The third kappa shape index (κ3) is 4.45. The van der Waals surface area contributed by atoms with Gasteiger partial charge in [-0.1, -0.05) is 12.1 Å². The van der Waals surface area contributed by atoms with Crippen molar-refractivity contribution in [3.05, 3.63) is 57.3 Å². The highest BCUT2D eigenvalue weighted by Crippen LogP contribution is 2.26. The Hall–Kier alpha value is -2.98. The Morgan fingerprint density at radius 1 is 1.21 bits per heavy atom. The second-order valence-electron chi connectivity index (χ2n) is 8.50. The van der Waals surface area contributed by atoms with E-state index in [1.165, 1.54) is 16.6 Å². The lowest BCUT2D eigenvalue weighted by molar-refractivity contribution is -0.151. The fraction of sp³-hybridized carbons (Fsp3) is 0.435. The van der Waals surface area contributed by atoms with Crippen molar-refractivity contribution in [3.63, 3.8) is 0 Å². The van der Waals surface area contributed by atoms with Crippen LogP contribution in [0.1, 0.15) is 35.4 Å². The normalized spacial score (nSPS) is 15.8. The van der Waals surface area contributed by atoms with Crippen molar-refractivity contribution >= 4 is 27.0 Å². The van der Waals surface area contributed by atoms with Gasteiger partial charge >= 0.3 is 11.6 Å². The average molecular weight is 474 g/mol. The lowest BCUT2D eigenvalue weighted by atomic mass is 9.98. The van der Waals surface area contributed by atoms with Crippen LogP contribution in [0.4, 0.5) is 0 Å². The Morgan fingerprint density at radius 3 is 2.55 bits per heavy atom. The number of sulfonamides is 1.